The highest BCUT2D eigenvalue weighted by Gasteiger charge is 2.13. The summed E-state index contributed by atoms with van der Waals surface area (Å²) in [5, 5.41) is 9.65. The van der Waals surface area contributed by atoms with E-state index in [9.17, 15) is 14.0 Å². The van der Waals surface area contributed by atoms with Crippen LogP contribution in [0.5, 0.6) is 0 Å². The van der Waals surface area contributed by atoms with Gasteiger partial charge in [0, 0.05) is 6.54 Å². The number of H-pyrrole nitrogens is 1. The van der Waals surface area contributed by atoms with E-state index in [2.05, 4.69) is 15.5 Å². The smallest absolute Gasteiger partial charge is 0.343 e. The van der Waals surface area contributed by atoms with Crippen molar-refractivity contribution in [2.75, 3.05) is 5.75 Å². The third-order valence-electron chi connectivity index (χ3n) is 3.25. The monoisotopic (exact) mass is 338 g/mol. The van der Waals surface area contributed by atoms with Gasteiger partial charge in [-0.1, -0.05) is 30.8 Å². The van der Waals surface area contributed by atoms with Crippen molar-refractivity contribution < 1.29 is 9.18 Å². The van der Waals surface area contributed by atoms with Gasteiger partial charge in [0.25, 0.3) is 0 Å². The lowest BCUT2D eigenvalue weighted by Crippen LogP contribution is -2.28. The predicted molar refractivity (Wildman–Crippen MR) is 86.8 cm³/mol. The summed E-state index contributed by atoms with van der Waals surface area (Å²) in [7, 11) is 0. The van der Waals surface area contributed by atoms with E-state index in [-0.39, 0.29) is 29.2 Å². The number of nitrogens with one attached hydrogen (secondary N) is 2. The van der Waals surface area contributed by atoms with Crippen molar-refractivity contribution in [2.45, 2.75) is 38.0 Å². The first-order chi connectivity index (χ1) is 11.0. The summed E-state index contributed by atoms with van der Waals surface area (Å²) >= 11 is 1.20. The second-order valence-corrected chi connectivity index (χ2v) is 6.03. The number of carbonyl (C=O) groups is 1. The van der Waals surface area contributed by atoms with Crippen LogP contribution in [0.4, 0.5) is 4.39 Å². The summed E-state index contributed by atoms with van der Waals surface area (Å²) in [6.45, 7) is 4.35. The number of thioether (sulfide) groups is 1. The van der Waals surface area contributed by atoms with Gasteiger partial charge in [0.2, 0.25) is 5.91 Å². The van der Waals surface area contributed by atoms with Crippen molar-refractivity contribution >= 4 is 17.7 Å². The van der Waals surface area contributed by atoms with Crippen LogP contribution in [-0.2, 0) is 11.3 Å². The molecule has 0 bridgehead atoms. The molecule has 1 unspecified atom stereocenters. The van der Waals surface area contributed by atoms with Gasteiger partial charge in [0.05, 0.1) is 11.8 Å². The van der Waals surface area contributed by atoms with Crippen LogP contribution in [0.2, 0.25) is 0 Å². The van der Waals surface area contributed by atoms with Crippen LogP contribution in [0.3, 0.4) is 0 Å². The van der Waals surface area contributed by atoms with Crippen LogP contribution in [0.1, 0.15) is 31.9 Å². The molecule has 2 aromatic rings. The third kappa shape index (κ3) is 4.69. The molecule has 0 saturated carbocycles. The number of aromatic amines is 1. The van der Waals surface area contributed by atoms with E-state index in [1.54, 1.807) is 12.1 Å². The second kappa shape index (κ2) is 7.96. The van der Waals surface area contributed by atoms with Gasteiger partial charge in [-0.2, -0.15) is 0 Å². The van der Waals surface area contributed by atoms with E-state index in [1.807, 2.05) is 13.8 Å². The molecule has 0 radical (unpaired) electrons. The molecular weight excluding hydrogens is 319 g/mol. The molecule has 2 rings (SSSR count). The normalized spacial score (nSPS) is 12.1. The van der Waals surface area contributed by atoms with Gasteiger partial charge in [0.1, 0.15) is 5.82 Å². The summed E-state index contributed by atoms with van der Waals surface area (Å²) in [6.07, 6.45) is 0.806. The first kappa shape index (κ1) is 17.3. The SMILES string of the molecule is CCCn1c(SCC(=O)NC(C)c2ccc(F)cc2)n[nH]c1=O. The molecule has 1 heterocycles. The minimum atomic E-state index is -0.310. The number of benzene rings is 1. The standard InChI is InChI=1S/C15H19FN4O2S/c1-3-8-20-14(22)18-19-15(20)23-9-13(21)17-10(2)11-4-6-12(16)7-5-11/h4-7,10H,3,8-9H2,1-2H3,(H,17,21)(H,18,22). The fourth-order valence-electron chi connectivity index (χ4n) is 2.08. The summed E-state index contributed by atoms with van der Waals surface area (Å²) in [5.41, 5.74) is 0.557. The lowest BCUT2D eigenvalue weighted by Gasteiger charge is -2.14. The van der Waals surface area contributed by atoms with Crippen LogP contribution in [0.25, 0.3) is 0 Å². The Labute approximate surface area is 137 Å². The van der Waals surface area contributed by atoms with E-state index in [4.69, 9.17) is 0 Å². The Morgan fingerprint density at radius 2 is 2.13 bits per heavy atom. The number of hydrogen-bond acceptors (Lipinski definition) is 4. The molecule has 1 amide bonds. The number of amides is 1. The summed E-state index contributed by atoms with van der Waals surface area (Å²) in [5.74, 6) is -0.333. The molecule has 0 aliphatic rings. The maximum Gasteiger partial charge on any atom is 0.343 e. The van der Waals surface area contributed by atoms with E-state index < -0.39 is 0 Å². The van der Waals surface area contributed by atoms with Gasteiger partial charge in [-0.3, -0.25) is 9.36 Å². The van der Waals surface area contributed by atoms with E-state index >= 15 is 0 Å². The number of carbonyl (C=O) groups excluding carboxylic acids is 1. The Balaban J connectivity index is 1.90. The second-order valence-electron chi connectivity index (χ2n) is 5.09. The van der Waals surface area contributed by atoms with Crippen molar-refractivity contribution in [3.05, 3.63) is 46.1 Å². The molecule has 8 heteroatoms. The van der Waals surface area contributed by atoms with E-state index in [0.717, 1.165) is 12.0 Å². The predicted octanol–water partition coefficient (Wildman–Crippen LogP) is 2.09. The van der Waals surface area contributed by atoms with Crippen molar-refractivity contribution in [2.24, 2.45) is 0 Å². The quantitative estimate of drug-likeness (QED) is 0.758. The Morgan fingerprint density at radius 1 is 1.43 bits per heavy atom. The van der Waals surface area contributed by atoms with Gasteiger partial charge in [-0.15, -0.1) is 5.10 Å². The molecule has 0 aliphatic carbocycles. The molecule has 124 valence electrons. The van der Waals surface area contributed by atoms with Gasteiger partial charge >= 0.3 is 5.69 Å². The molecule has 0 aliphatic heterocycles. The Morgan fingerprint density at radius 3 is 2.78 bits per heavy atom. The number of aromatic nitrogens is 3. The fraction of sp³-hybridized carbons (Fsp3) is 0.400. The van der Waals surface area contributed by atoms with E-state index in [1.165, 1.54) is 28.5 Å². The number of halogens is 1. The minimum absolute atomic E-state index is 0.152. The molecule has 6 nitrogen and oxygen atoms in total. The van der Waals surface area contributed by atoms with Crippen molar-refractivity contribution in [1.82, 2.24) is 20.1 Å². The van der Waals surface area contributed by atoms with Crippen LogP contribution in [0, 0.1) is 5.82 Å². The lowest BCUT2D eigenvalue weighted by atomic mass is 10.1. The largest absolute Gasteiger partial charge is 0.349 e. The van der Waals surface area contributed by atoms with Gasteiger partial charge in [0.15, 0.2) is 5.16 Å². The average molecular weight is 338 g/mol. The summed E-state index contributed by atoms with van der Waals surface area (Å²) < 4.78 is 14.4. The summed E-state index contributed by atoms with van der Waals surface area (Å²) in [6, 6.07) is 5.78. The topological polar surface area (TPSA) is 79.8 Å². The maximum atomic E-state index is 12.9. The lowest BCUT2D eigenvalue weighted by molar-refractivity contribution is -0.119. The van der Waals surface area contributed by atoms with Gasteiger partial charge in [-0.25, -0.2) is 14.3 Å². The zero-order valence-corrected chi connectivity index (χ0v) is 13.8. The number of rotatable bonds is 7. The van der Waals surface area contributed by atoms with Crippen LogP contribution in [-0.4, -0.2) is 26.4 Å². The highest BCUT2D eigenvalue weighted by Crippen LogP contribution is 2.16. The molecular formula is C15H19FN4O2S. The molecule has 1 aromatic heterocycles. The molecule has 2 N–H and O–H groups in total. The molecule has 23 heavy (non-hydrogen) atoms. The van der Waals surface area contributed by atoms with Crippen LogP contribution >= 0.6 is 11.8 Å². The molecule has 1 aromatic carbocycles. The first-order valence-corrected chi connectivity index (χ1v) is 8.32. The zero-order chi connectivity index (χ0) is 16.8. The van der Waals surface area contributed by atoms with Gasteiger partial charge < -0.3 is 5.32 Å². The maximum absolute atomic E-state index is 12.9. The third-order valence-corrected chi connectivity index (χ3v) is 4.23. The Bertz CT molecular complexity index is 711. The number of nitrogens with zero attached hydrogens (tertiary/aromatic N) is 2. The molecule has 1 atom stereocenters. The van der Waals surface area contributed by atoms with Crippen LogP contribution < -0.4 is 11.0 Å². The Hall–Kier alpha value is -2.09. The average Bonchev–Trinajstić information content (AvgIpc) is 2.87. The summed E-state index contributed by atoms with van der Waals surface area (Å²) in [4.78, 5) is 23.6. The van der Waals surface area contributed by atoms with Crippen molar-refractivity contribution in [3.63, 3.8) is 0 Å². The molecule has 0 spiro atoms. The van der Waals surface area contributed by atoms with Crippen LogP contribution in [0.15, 0.2) is 34.2 Å². The minimum Gasteiger partial charge on any atom is -0.349 e. The first-order valence-electron chi connectivity index (χ1n) is 7.34. The van der Waals surface area contributed by atoms with Crippen molar-refractivity contribution in [1.29, 1.82) is 0 Å². The highest BCUT2D eigenvalue weighted by molar-refractivity contribution is 7.99. The van der Waals surface area contributed by atoms with Gasteiger partial charge in [-0.05, 0) is 31.0 Å². The Kier molecular flexibility index (Phi) is 5.97. The zero-order valence-electron chi connectivity index (χ0n) is 13.0. The highest BCUT2D eigenvalue weighted by atomic mass is 32.2. The van der Waals surface area contributed by atoms with E-state index in [0.29, 0.717) is 11.7 Å². The molecule has 0 saturated heterocycles. The van der Waals surface area contributed by atoms with Crippen molar-refractivity contribution in [3.8, 4) is 0 Å². The number of hydrogen-bond donors (Lipinski definition) is 2. The molecule has 0 fully saturated rings. The fourth-order valence-corrected chi connectivity index (χ4v) is 2.87.